The maximum atomic E-state index is 12.7. The van der Waals surface area contributed by atoms with Gasteiger partial charge < -0.3 is 4.98 Å². The number of imidazole rings is 1. The molecule has 0 radical (unpaired) electrons. The van der Waals surface area contributed by atoms with Gasteiger partial charge in [-0.1, -0.05) is 12.1 Å². The Morgan fingerprint density at radius 1 is 1.33 bits per heavy atom. The summed E-state index contributed by atoms with van der Waals surface area (Å²) < 4.78 is 38.0. The van der Waals surface area contributed by atoms with E-state index in [1.807, 2.05) is 0 Å². The van der Waals surface area contributed by atoms with Crippen LogP contribution in [0.5, 0.6) is 0 Å². The minimum atomic E-state index is -3.58. The van der Waals surface area contributed by atoms with Crippen molar-refractivity contribution in [3.63, 3.8) is 0 Å². The van der Waals surface area contributed by atoms with Gasteiger partial charge in [-0.05, 0) is 17.7 Å². The molecule has 0 bridgehead atoms. The first-order valence-electron chi connectivity index (χ1n) is 5.19. The normalized spacial score (nSPS) is 11.9. The van der Waals surface area contributed by atoms with Crippen LogP contribution in [0, 0.1) is 5.82 Å². The first-order chi connectivity index (χ1) is 8.50. The Morgan fingerprint density at radius 2 is 2.00 bits per heavy atom. The molecule has 1 heterocycles. The maximum absolute atomic E-state index is 12.7. The maximum Gasteiger partial charge on any atom is 0.260 e. The number of H-pyrrole nitrogens is 1. The summed E-state index contributed by atoms with van der Waals surface area (Å²) in [6.45, 7) is 0.168. The molecule has 0 saturated heterocycles. The van der Waals surface area contributed by atoms with Gasteiger partial charge in [0.05, 0.1) is 12.5 Å². The van der Waals surface area contributed by atoms with Gasteiger partial charge in [-0.2, -0.15) is 4.31 Å². The van der Waals surface area contributed by atoms with Crippen molar-refractivity contribution in [2.75, 3.05) is 7.05 Å². The van der Waals surface area contributed by atoms with E-state index in [1.54, 1.807) is 12.1 Å². The molecule has 0 aliphatic rings. The van der Waals surface area contributed by atoms with E-state index in [0.29, 0.717) is 5.56 Å². The molecule has 1 N–H and O–H groups in total. The zero-order chi connectivity index (χ0) is 13.2. The minimum Gasteiger partial charge on any atom is -0.335 e. The molecule has 18 heavy (non-hydrogen) atoms. The van der Waals surface area contributed by atoms with Gasteiger partial charge in [0, 0.05) is 13.6 Å². The van der Waals surface area contributed by atoms with Gasteiger partial charge in [-0.3, -0.25) is 0 Å². The fourth-order valence-corrected chi connectivity index (χ4v) is 2.53. The van der Waals surface area contributed by atoms with Crippen LogP contribution in [0.2, 0.25) is 0 Å². The Balaban J connectivity index is 2.17. The summed E-state index contributed by atoms with van der Waals surface area (Å²) in [7, 11) is -2.12. The Kier molecular flexibility index (Phi) is 3.44. The van der Waals surface area contributed by atoms with Crippen LogP contribution in [0.25, 0.3) is 0 Å². The van der Waals surface area contributed by atoms with Crippen LogP contribution in [-0.2, 0) is 16.6 Å². The standard InChI is InChI=1S/C11H12FN3O2S/c1-15(7-9-2-4-10(12)5-3-9)18(16,17)11-6-13-8-14-11/h2-6,8H,7H2,1H3,(H,13,14). The number of halogens is 1. The second kappa shape index (κ2) is 4.87. The molecule has 0 aliphatic carbocycles. The number of aromatic amines is 1. The third kappa shape index (κ3) is 2.57. The van der Waals surface area contributed by atoms with Crippen LogP contribution >= 0.6 is 0 Å². The number of sulfonamides is 1. The fraction of sp³-hybridized carbons (Fsp3) is 0.182. The molecule has 2 rings (SSSR count). The highest BCUT2D eigenvalue weighted by Crippen LogP contribution is 2.14. The van der Waals surface area contributed by atoms with Crippen LogP contribution in [0.1, 0.15) is 5.56 Å². The van der Waals surface area contributed by atoms with Gasteiger partial charge in [0.2, 0.25) is 0 Å². The van der Waals surface area contributed by atoms with E-state index >= 15 is 0 Å². The smallest absolute Gasteiger partial charge is 0.260 e. The molecule has 1 aromatic heterocycles. The highest BCUT2D eigenvalue weighted by Gasteiger charge is 2.22. The molecular formula is C11H12FN3O2S. The lowest BCUT2D eigenvalue weighted by atomic mass is 10.2. The summed E-state index contributed by atoms with van der Waals surface area (Å²) in [5, 5.41) is 0.0344. The predicted octanol–water partition coefficient (Wildman–Crippen LogP) is 1.37. The van der Waals surface area contributed by atoms with Crippen molar-refractivity contribution in [3.8, 4) is 0 Å². The number of hydrogen-bond donors (Lipinski definition) is 1. The van der Waals surface area contributed by atoms with E-state index in [9.17, 15) is 12.8 Å². The van der Waals surface area contributed by atoms with Crippen LogP contribution in [-0.4, -0.2) is 29.7 Å². The number of benzene rings is 1. The van der Waals surface area contributed by atoms with Gasteiger partial charge in [-0.25, -0.2) is 17.8 Å². The summed E-state index contributed by atoms with van der Waals surface area (Å²) >= 11 is 0. The van der Waals surface area contributed by atoms with Crippen molar-refractivity contribution < 1.29 is 12.8 Å². The average Bonchev–Trinajstić information content (AvgIpc) is 2.86. The van der Waals surface area contributed by atoms with E-state index in [4.69, 9.17) is 0 Å². The van der Waals surface area contributed by atoms with Crippen molar-refractivity contribution in [1.82, 2.24) is 14.3 Å². The Bertz CT molecular complexity index is 608. The average molecular weight is 269 g/mol. The van der Waals surface area contributed by atoms with Crippen molar-refractivity contribution >= 4 is 10.0 Å². The van der Waals surface area contributed by atoms with Crippen molar-refractivity contribution in [1.29, 1.82) is 0 Å². The Labute approximate surface area is 104 Å². The van der Waals surface area contributed by atoms with Gasteiger partial charge in [0.25, 0.3) is 10.0 Å². The zero-order valence-corrected chi connectivity index (χ0v) is 10.5. The largest absolute Gasteiger partial charge is 0.335 e. The lowest BCUT2D eigenvalue weighted by molar-refractivity contribution is 0.464. The van der Waals surface area contributed by atoms with E-state index in [1.165, 1.54) is 36.0 Å². The summed E-state index contributed by atoms with van der Waals surface area (Å²) in [6, 6.07) is 5.70. The molecule has 0 amide bonds. The van der Waals surface area contributed by atoms with E-state index < -0.39 is 10.0 Å². The Morgan fingerprint density at radius 3 is 2.56 bits per heavy atom. The first kappa shape index (κ1) is 12.7. The van der Waals surface area contributed by atoms with E-state index in [0.717, 1.165) is 0 Å². The summed E-state index contributed by atoms with van der Waals surface area (Å²) in [6.07, 6.45) is 2.55. The van der Waals surface area contributed by atoms with Gasteiger partial charge >= 0.3 is 0 Å². The minimum absolute atomic E-state index is 0.0344. The molecule has 0 unspecified atom stereocenters. The summed E-state index contributed by atoms with van der Waals surface area (Å²) in [5.41, 5.74) is 0.710. The van der Waals surface area contributed by atoms with E-state index in [2.05, 4.69) is 9.97 Å². The lowest BCUT2D eigenvalue weighted by Gasteiger charge is -2.15. The molecule has 96 valence electrons. The van der Waals surface area contributed by atoms with E-state index in [-0.39, 0.29) is 17.4 Å². The van der Waals surface area contributed by atoms with Crippen LogP contribution in [0.3, 0.4) is 0 Å². The van der Waals surface area contributed by atoms with Crippen molar-refractivity contribution in [2.24, 2.45) is 0 Å². The fourth-order valence-electron chi connectivity index (χ4n) is 1.48. The monoisotopic (exact) mass is 269 g/mol. The third-order valence-corrected chi connectivity index (χ3v) is 4.21. The molecule has 0 spiro atoms. The number of nitrogens with zero attached hydrogens (tertiary/aromatic N) is 2. The van der Waals surface area contributed by atoms with Crippen molar-refractivity contribution in [2.45, 2.75) is 11.6 Å². The second-order valence-electron chi connectivity index (χ2n) is 3.80. The molecule has 0 aliphatic heterocycles. The molecule has 1 aromatic carbocycles. The first-order valence-corrected chi connectivity index (χ1v) is 6.63. The molecule has 0 atom stereocenters. The van der Waals surface area contributed by atoms with Gasteiger partial charge in [0.1, 0.15) is 5.82 Å². The number of nitrogens with one attached hydrogen (secondary N) is 1. The van der Waals surface area contributed by atoms with Crippen LogP contribution in [0.15, 0.2) is 41.8 Å². The quantitative estimate of drug-likeness (QED) is 0.911. The number of rotatable bonds is 4. The van der Waals surface area contributed by atoms with Gasteiger partial charge in [-0.15, -0.1) is 0 Å². The summed E-state index contributed by atoms with van der Waals surface area (Å²) in [5.74, 6) is -0.349. The molecule has 0 fully saturated rings. The zero-order valence-electron chi connectivity index (χ0n) is 9.67. The predicted molar refractivity (Wildman–Crippen MR) is 63.6 cm³/mol. The molecule has 0 saturated carbocycles. The molecular weight excluding hydrogens is 257 g/mol. The number of hydrogen-bond acceptors (Lipinski definition) is 3. The second-order valence-corrected chi connectivity index (χ2v) is 5.82. The van der Waals surface area contributed by atoms with Crippen LogP contribution in [0.4, 0.5) is 4.39 Å². The summed E-state index contributed by atoms with van der Waals surface area (Å²) in [4.78, 5) is 6.23. The SMILES string of the molecule is CN(Cc1ccc(F)cc1)S(=O)(=O)c1cnc[nH]1. The molecule has 5 nitrogen and oxygen atoms in total. The molecule has 7 heteroatoms. The number of aromatic nitrogens is 2. The van der Waals surface area contributed by atoms with Crippen LogP contribution < -0.4 is 0 Å². The lowest BCUT2D eigenvalue weighted by Crippen LogP contribution is -2.26. The highest BCUT2D eigenvalue weighted by atomic mass is 32.2. The van der Waals surface area contributed by atoms with Crippen molar-refractivity contribution in [3.05, 3.63) is 48.2 Å². The highest BCUT2D eigenvalue weighted by molar-refractivity contribution is 7.89. The van der Waals surface area contributed by atoms with Gasteiger partial charge in [0.15, 0.2) is 5.03 Å². The Hall–Kier alpha value is -1.73. The molecule has 2 aromatic rings. The third-order valence-electron chi connectivity index (χ3n) is 2.48. The topological polar surface area (TPSA) is 66.1 Å².